The molecule has 0 spiro atoms. The average molecular weight is 250 g/mol. The number of nitrogens with one attached hydrogen (secondary N) is 1. The summed E-state index contributed by atoms with van der Waals surface area (Å²) < 4.78 is 0. The van der Waals surface area contributed by atoms with Crippen molar-refractivity contribution < 1.29 is 0 Å². The summed E-state index contributed by atoms with van der Waals surface area (Å²) in [6, 6.07) is 0. The minimum atomic E-state index is 0.128. The molecule has 1 unspecified atom stereocenters. The molecule has 2 aromatic heterocycles. The molecule has 0 aliphatic carbocycles. The van der Waals surface area contributed by atoms with Gasteiger partial charge in [0, 0.05) is 19.5 Å². The molecule has 0 aliphatic rings. The SMILES string of the molecule is CC(CN(C)c1ncnc2nc[nH]c12)C(N)=S. The largest absolute Gasteiger partial charge is 0.393 e. The Balaban J connectivity index is 2.27. The molecule has 90 valence electrons. The van der Waals surface area contributed by atoms with E-state index in [9.17, 15) is 0 Å². The lowest BCUT2D eigenvalue weighted by Gasteiger charge is -2.21. The Morgan fingerprint density at radius 1 is 1.53 bits per heavy atom. The van der Waals surface area contributed by atoms with E-state index in [4.69, 9.17) is 18.0 Å². The van der Waals surface area contributed by atoms with E-state index in [0.717, 1.165) is 11.3 Å². The van der Waals surface area contributed by atoms with Gasteiger partial charge in [-0.2, -0.15) is 0 Å². The Labute approximate surface area is 104 Å². The molecule has 2 aromatic rings. The molecule has 6 nitrogen and oxygen atoms in total. The highest BCUT2D eigenvalue weighted by Gasteiger charge is 2.14. The average Bonchev–Trinajstić information content (AvgIpc) is 2.76. The third-order valence-corrected chi connectivity index (χ3v) is 3.00. The van der Waals surface area contributed by atoms with Crippen molar-refractivity contribution in [2.45, 2.75) is 6.92 Å². The number of nitrogens with zero attached hydrogens (tertiary/aromatic N) is 4. The van der Waals surface area contributed by atoms with Crippen LogP contribution in [0.2, 0.25) is 0 Å². The van der Waals surface area contributed by atoms with Crippen LogP contribution in [0.25, 0.3) is 11.2 Å². The molecule has 0 radical (unpaired) electrons. The molecule has 2 heterocycles. The molecular formula is C10H14N6S. The first-order valence-electron chi connectivity index (χ1n) is 5.24. The van der Waals surface area contributed by atoms with Gasteiger partial charge in [0.2, 0.25) is 0 Å². The van der Waals surface area contributed by atoms with Crippen LogP contribution >= 0.6 is 12.2 Å². The van der Waals surface area contributed by atoms with E-state index < -0.39 is 0 Å². The van der Waals surface area contributed by atoms with Gasteiger partial charge >= 0.3 is 0 Å². The number of hydrogen-bond donors (Lipinski definition) is 2. The molecule has 0 saturated carbocycles. The summed E-state index contributed by atoms with van der Waals surface area (Å²) in [5.41, 5.74) is 7.09. The molecule has 17 heavy (non-hydrogen) atoms. The minimum Gasteiger partial charge on any atom is -0.393 e. The maximum Gasteiger partial charge on any atom is 0.182 e. The zero-order valence-corrected chi connectivity index (χ0v) is 10.5. The van der Waals surface area contributed by atoms with Crippen molar-refractivity contribution in [3.8, 4) is 0 Å². The van der Waals surface area contributed by atoms with Crippen molar-refractivity contribution in [3.63, 3.8) is 0 Å². The Bertz CT molecular complexity index is 536. The van der Waals surface area contributed by atoms with Gasteiger partial charge < -0.3 is 15.6 Å². The fourth-order valence-electron chi connectivity index (χ4n) is 1.63. The maximum absolute atomic E-state index is 5.61. The van der Waals surface area contributed by atoms with Crippen molar-refractivity contribution in [2.75, 3.05) is 18.5 Å². The topological polar surface area (TPSA) is 83.7 Å². The predicted octanol–water partition coefficient (Wildman–Crippen LogP) is 0.711. The van der Waals surface area contributed by atoms with Gasteiger partial charge in [0.05, 0.1) is 11.3 Å². The van der Waals surface area contributed by atoms with Crippen molar-refractivity contribution in [2.24, 2.45) is 11.7 Å². The van der Waals surface area contributed by atoms with E-state index in [1.54, 1.807) is 6.33 Å². The molecule has 0 fully saturated rings. The first kappa shape index (κ1) is 11.7. The Kier molecular flexibility index (Phi) is 3.19. The summed E-state index contributed by atoms with van der Waals surface area (Å²) in [5, 5.41) is 0. The molecule has 3 N–H and O–H groups in total. The number of rotatable bonds is 4. The molecular weight excluding hydrogens is 236 g/mol. The van der Waals surface area contributed by atoms with E-state index in [-0.39, 0.29) is 5.92 Å². The third kappa shape index (κ3) is 2.33. The number of aromatic nitrogens is 4. The Hall–Kier alpha value is -1.76. The number of imidazole rings is 1. The second-order valence-corrected chi connectivity index (χ2v) is 4.45. The van der Waals surface area contributed by atoms with E-state index in [1.165, 1.54) is 6.33 Å². The maximum atomic E-state index is 5.61. The van der Waals surface area contributed by atoms with Gasteiger partial charge in [0.15, 0.2) is 11.5 Å². The smallest absolute Gasteiger partial charge is 0.182 e. The second kappa shape index (κ2) is 4.62. The fourth-order valence-corrected chi connectivity index (χ4v) is 1.70. The molecule has 0 aromatic carbocycles. The summed E-state index contributed by atoms with van der Waals surface area (Å²) in [6.45, 7) is 2.70. The van der Waals surface area contributed by atoms with Gasteiger partial charge in [-0.25, -0.2) is 15.0 Å². The molecule has 1 atom stereocenters. The molecule has 0 saturated heterocycles. The van der Waals surface area contributed by atoms with Crippen LogP contribution in [0.1, 0.15) is 6.92 Å². The number of anilines is 1. The number of thiocarbonyl (C=S) groups is 1. The van der Waals surface area contributed by atoms with Gasteiger partial charge in [-0.3, -0.25) is 0 Å². The number of fused-ring (bicyclic) bond motifs is 1. The summed E-state index contributed by atoms with van der Waals surface area (Å²) >= 11 is 4.96. The lowest BCUT2D eigenvalue weighted by Crippen LogP contribution is -2.32. The second-order valence-electron chi connectivity index (χ2n) is 3.98. The third-order valence-electron chi connectivity index (χ3n) is 2.60. The Morgan fingerprint density at radius 3 is 3.00 bits per heavy atom. The Morgan fingerprint density at radius 2 is 2.29 bits per heavy atom. The van der Waals surface area contributed by atoms with Crippen LogP contribution in [-0.2, 0) is 0 Å². The number of aromatic amines is 1. The van der Waals surface area contributed by atoms with E-state index in [2.05, 4.69) is 19.9 Å². The number of hydrogen-bond acceptors (Lipinski definition) is 5. The van der Waals surface area contributed by atoms with E-state index in [0.29, 0.717) is 17.2 Å². The van der Waals surface area contributed by atoms with Crippen LogP contribution < -0.4 is 10.6 Å². The molecule has 7 heteroatoms. The highest BCUT2D eigenvalue weighted by atomic mass is 32.1. The van der Waals surface area contributed by atoms with Gasteiger partial charge in [-0.05, 0) is 0 Å². The van der Waals surface area contributed by atoms with Gasteiger partial charge in [-0.1, -0.05) is 19.1 Å². The van der Waals surface area contributed by atoms with Crippen LogP contribution in [-0.4, -0.2) is 38.5 Å². The van der Waals surface area contributed by atoms with Crippen LogP contribution in [0.15, 0.2) is 12.7 Å². The zero-order chi connectivity index (χ0) is 12.4. The monoisotopic (exact) mass is 250 g/mol. The van der Waals surface area contributed by atoms with E-state index in [1.807, 2.05) is 18.9 Å². The summed E-state index contributed by atoms with van der Waals surface area (Å²) in [4.78, 5) is 17.9. The van der Waals surface area contributed by atoms with Gasteiger partial charge in [0.25, 0.3) is 0 Å². The normalized spacial score (nSPS) is 12.6. The summed E-state index contributed by atoms with van der Waals surface area (Å²) in [7, 11) is 1.94. The summed E-state index contributed by atoms with van der Waals surface area (Å²) in [6.07, 6.45) is 3.11. The van der Waals surface area contributed by atoms with Crippen molar-refractivity contribution >= 4 is 34.2 Å². The highest BCUT2D eigenvalue weighted by molar-refractivity contribution is 7.80. The molecule has 2 rings (SSSR count). The predicted molar refractivity (Wildman–Crippen MR) is 70.9 cm³/mol. The van der Waals surface area contributed by atoms with Crippen LogP contribution in [0.4, 0.5) is 5.82 Å². The van der Waals surface area contributed by atoms with Crippen LogP contribution in [0.5, 0.6) is 0 Å². The lowest BCUT2D eigenvalue weighted by atomic mass is 10.2. The molecule has 0 amide bonds. The van der Waals surface area contributed by atoms with Crippen LogP contribution in [0, 0.1) is 5.92 Å². The van der Waals surface area contributed by atoms with Crippen molar-refractivity contribution in [1.29, 1.82) is 0 Å². The van der Waals surface area contributed by atoms with Crippen LogP contribution in [0.3, 0.4) is 0 Å². The standard InChI is InChI=1S/C10H14N6S/c1-6(8(11)17)3-16(2)10-7-9(13-4-12-7)14-5-15-10/h4-6H,3H2,1-2H3,(H2,11,17)(H,12,13,14,15). The van der Waals surface area contributed by atoms with Gasteiger partial charge in [-0.15, -0.1) is 0 Å². The highest BCUT2D eigenvalue weighted by Crippen LogP contribution is 2.18. The van der Waals surface area contributed by atoms with Gasteiger partial charge in [0.1, 0.15) is 11.8 Å². The number of H-pyrrole nitrogens is 1. The molecule has 0 aliphatic heterocycles. The minimum absolute atomic E-state index is 0.128. The number of nitrogens with two attached hydrogens (primary N) is 1. The quantitative estimate of drug-likeness (QED) is 0.778. The fraction of sp³-hybridized carbons (Fsp3) is 0.400. The molecule has 0 bridgehead atoms. The zero-order valence-electron chi connectivity index (χ0n) is 9.71. The first-order chi connectivity index (χ1) is 8.09. The van der Waals surface area contributed by atoms with Crippen molar-refractivity contribution in [1.82, 2.24) is 19.9 Å². The van der Waals surface area contributed by atoms with E-state index >= 15 is 0 Å². The van der Waals surface area contributed by atoms with Crippen molar-refractivity contribution in [3.05, 3.63) is 12.7 Å². The first-order valence-corrected chi connectivity index (χ1v) is 5.65. The lowest BCUT2D eigenvalue weighted by molar-refractivity contribution is 0.736. The summed E-state index contributed by atoms with van der Waals surface area (Å²) in [5.74, 6) is 0.929.